The minimum atomic E-state index is -0.333. The molecule has 0 unspecified atom stereocenters. The van der Waals surface area contributed by atoms with E-state index < -0.39 is 0 Å². The maximum atomic E-state index is 9.12. The van der Waals surface area contributed by atoms with Crippen molar-refractivity contribution in [2.24, 2.45) is 0 Å². The molecule has 0 fully saturated rings. The molecule has 1 aromatic rings. The van der Waals surface area contributed by atoms with E-state index in [1.807, 2.05) is 0 Å². The smallest absolute Gasteiger partial charge is 0.202 e. The van der Waals surface area contributed by atoms with Crippen molar-refractivity contribution in [2.75, 3.05) is 7.11 Å². The molecule has 0 bridgehead atoms. The SMILES string of the molecule is COc1c(Cl)ccc(O)c1O. The third kappa shape index (κ3) is 1.33. The molecule has 1 rings (SSSR count). The van der Waals surface area contributed by atoms with Crippen molar-refractivity contribution in [2.45, 2.75) is 0 Å². The highest BCUT2D eigenvalue weighted by molar-refractivity contribution is 6.32. The number of ether oxygens (including phenoxy) is 1. The summed E-state index contributed by atoms with van der Waals surface area (Å²) in [5, 5.41) is 18.4. The minimum absolute atomic E-state index is 0.0895. The Labute approximate surface area is 68.8 Å². The fraction of sp³-hybridized carbons (Fsp3) is 0.143. The van der Waals surface area contributed by atoms with Gasteiger partial charge in [0.05, 0.1) is 12.1 Å². The Morgan fingerprint density at radius 2 is 2.00 bits per heavy atom. The van der Waals surface area contributed by atoms with Crippen molar-refractivity contribution in [3.05, 3.63) is 17.2 Å². The number of benzene rings is 1. The molecule has 0 spiro atoms. The van der Waals surface area contributed by atoms with E-state index in [2.05, 4.69) is 0 Å². The second-order valence-electron chi connectivity index (χ2n) is 1.95. The summed E-state index contributed by atoms with van der Waals surface area (Å²) in [6.07, 6.45) is 0. The molecule has 0 atom stereocenters. The zero-order valence-corrected chi connectivity index (χ0v) is 6.59. The maximum Gasteiger partial charge on any atom is 0.202 e. The molecule has 0 aliphatic heterocycles. The van der Waals surface area contributed by atoms with Crippen molar-refractivity contribution in [1.82, 2.24) is 0 Å². The van der Waals surface area contributed by atoms with Crippen molar-refractivity contribution in [3.8, 4) is 17.2 Å². The molecule has 0 amide bonds. The van der Waals surface area contributed by atoms with E-state index in [-0.39, 0.29) is 22.3 Å². The van der Waals surface area contributed by atoms with E-state index in [9.17, 15) is 0 Å². The van der Waals surface area contributed by atoms with Crippen LogP contribution in [0, 0.1) is 0 Å². The van der Waals surface area contributed by atoms with Gasteiger partial charge in [-0.25, -0.2) is 0 Å². The van der Waals surface area contributed by atoms with E-state index in [0.29, 0.717) is 0 Å². The summed E-state index contributed by atoms with van der Waals surface area (Å²) in [6, 6.07) is 2.73. The molecule has 0 radical (unpaired) electrons. The normalized spacial score (nSPS) is 9.64. The summed E-state index contributed by atoms with van der Waals surface area (Å²) in [5.74, 6) is -0.488. The van der Waals surface area contributed by atoms with Gasteiger partial charge in [0.15, 0.2) is 11.5 Å². The Hall–Kier alpha value is -1.09. The largest absolute Gasteiger partial charge is 0.504 e. The van der Waals surface area contributed by atoms with Gasteiger partial charge in [0.25, 0.3) is 0 Å². The first kappa shape index (κ1) is 8.01. The molecule has 11 heavy (non-hydrogen) atoms. The fourth-order valence-electron chi connectivity index (χ4n) is 0.730. The van der Waals surface area contributed by atoms with E-state index in [4.69, 9.17) is 26.6 Å². The quantitative estimate of drug-likeness (QED) is 0.638. The molecule has 60 valence electrons. The summed E-state index contributed by atoms with van der Waals surface area (Å²) < 4.78 is 4.71. The Bertz CT molecular complexity index is 273. The average Bonchev–Trinajstić information content (AvgIpc) is 1.99. The van der Waals surface area contributed by atoms with Crippen LogP contribution in [0.1, 0.15) is 0 Å². The van der Waals surface area contributed by atoms with Crippen LogP contribution in [0.4, 0.5) is 0 Å². The number of phenolic OH excluding ortho intramolecular Hbond substituents is 2. The topological polar surface area (TPSA) is 49.7 Å². The lowest BCUT2D eigenvalue weighted by Crippen LogP contribution is -1.84. The molecule has 4 heteroatoms. The van der Waals surface area contributed by atoms with Crippen LogP contribution in [-0.4, -0.2) is 17.3 Å². The number of hydrogen-bond acceptors (Lipinski definition) is 3. The summed E-state index contributed by atoms with van der Waals surface area (Å²) in [6.45, 7) is 0. The van der Waals surface area contributed by atoms with Crippen molar-refractivity contribution < 1.29 is 14.9 Å². The van der Waals surface area contributed by atoms with Crippen LogP contribution >= 0.6 is 11.6 Å². The van der Waals surface area contributed by atoms with Crippen molar-refractivity contribution in [3.63, 3.8) is 0 Å². The lowest BCUT2D eigenvalue weighted by molar-refractivity contribution is 0.351. The fourth-order valence-corrected chi connectivity index (χ4v) is 0.960. The van der Waals surface area contributed by atoms with Gasteiger partial charge >= 0.3 is 0 Å². The van der Waals surface area contributed by atoms with Gasteiger partial charge in [-0.1, -0.05) is 11.6 Å². The highest BCUT2D eigenvalue weighted by Crippen LogP contribution is 2.40. The number of phenols is 2. The highest BCUT2D eigenvalue weighted by atomic mass is 35.5. The van der Waals surface area contributed by atoms with Gasteiger partial charge in [-0.05, 0) is 12.1 Å². The zero-order chi connectivity index (χ0) is 8.43. The lowest BCUT2D eigenvalue weighted by Gasteiger charge is -2.05. The number of rotatable bonds is 1. The summed E-state index contributed by atoms with van der Waals surface area (Å²) in [5.41, 5.74) is 0. The van der Waals surface area contributed by atoms with Gasteiger partial charge in [0.2, 0.25) is 5.75 Å². The Kier molecular flexibility index (Phi) is 2.10. The predicted molar refractivity (Wildman–Crippen MR) is 41.3 cm³/mol. The first-order valence-electron chi connectivity index (χ1n) is 2.91. The van der Waals surface area contributed by atoms with Crippen LogP contribution in [-0.2, 0) is 0 Å². The Balaban J connectivity index is 3.29. The van der Waals surface area contributed by atoms with E-state index in [1.165, 1.54) is 19.2 Å². The number of halogens is 1. The van der Waals surface area contributed by atoms with E-state index in [1.54, 1.807) is 0 Å². The predicted octanol–water partition coefficient (Wildman–Crippen LogP) is 1.76. The molecule has 2 N–H and O–H groups in total. The standard InChI is InChI=1S/C7H7ClO3/c1-11-7-4(8)2-3-5(9)6(7)10/h2-3,9-10H,1H3. The molecule has 0 aliphatic rings. The van der Waals surface area contributed by atoms with Gasteiger partial charge in [0.1, 0.15) is 0 Å². The van der Waals surface area contributed by atoms with Gasteiger partial charge in [-0.15, -0.1) is 0 Å². The molecule has 0 saturated heterocycles. The summed E-state index contributed by atoms with van der Waals surface area (Å²) in [4.78, 5) is 0. The number of methoxy groups -OCH3 is 1. The van der Waals surface area contributed by atoms with Crippen LogP contribution in [0.25, 0.3) is 0 Å². The van der Waals surface area contributed by atoms with Gasteiger partial charge in [-0.3, -0.25) is 0 Å². The second-order valence-corrected chi connectivity index (χ2v) is 2.36. The van der Waals surface area contributed by atoms with E-state index >= 15 is 0 Å². The highest BCUT2D eigenvalue weighted by Gasteiger charge is 2.10. The van der Waals surface area contributed by atoms with Crippen molar-refractivity contribution in [1.29, 1.82) is 0 Å². The minimum Gasteiger partial charge on any atom is -0.504 e. The van der Waals surface area contributed by atoms with Crippen LogP contribution in [0.15, 0.2) is 12.1 Å². The Morgan fingerprint density at radius 1 is 1.36 bits per heavy atom. The van der Waals surface area contributed by atoms with Crippen LogP contribution < -0.4 is 4.74 Å². The monoisotopic (exact) mass is 174 g/mol. The zero-order valence-electron chi connectivity index (χ0n) is 5.84. The molecule has 1 aromatic carbocycles. The van der Waals surface area contributed by atoms with E-state index in [0.717, 1.165) is 0 Å². The van der Waals surface area contributed by atoms with Gasteiger partial charge < -0.3 is 14.9 Å². The second kappa shape index (κ2) is 2.88. The molecule has 3 nitrogen and oxygen atoms in total. The molecular weight excluding hydrogens is 168 g/mol. The molecular formula is C7H7ClO3. The van der Waals surface area contributed by atoms with Crippen LogP contribution in [0.2, 0.25) is 5.02 Å². The van der Waals surface area contributed by atoms with Crippen molar-refractivity contribution >= 4 is 11.6 Å². The first-order chi connectivity index (χ1) is 5.16. The molecule has 0 aliphatic carbocycles. The number of aromatic hydroxyl groups is 2. The summed E-state index contributed by atoms with van der Waals surface area (Å²) >= 11 is 5.61. The van der Waals surface area contributed by atoms with Crippen LogP contribution in [0.5, 0.6) is 17.2 Å². The van der Waals surface area contributed by atoms with Gasteiger partial charge in [0, 0.05) is 0 Å². The average molecular weight is 175 g/mol. The van der Waals surface area contributed by atoms with Gasteiger partial charge in [-0.2, -0.15) is 0 Å². The number of hydrogen-bond donors (Lipinski definition) is 2. The third-order valence-electron chi connectivity index (χ3n) is 1.27. The summed E-state index contributed by atoms with van der Waals surface area (Å²) in [7, 11) is 1.36. The maximum absolute atomic E-state index is 9.12. The first-order valence-corrected chi connectivity index (χ1v) is 3.29. The van der Waals surface area contributed by atoms with Crippen LogP contribution in [0.3, 0.4) is 0 Å². The third-order valence-corrected chi connectivity index (χ3v) is 1.56. The Morgan fingerprint density at radius 3 is 2.45 bits per heavy atom. The lowest BCUT2D eigenvalue weighted by atomic mass is 10.3. The molecule has 0 saturated carbocycles. The molecule has 0 aromatic heterocycles. The molecule has 0 heterocycles.